The molecule has 0 fully saturated rings. The molecule has 5 heteroatoms. The molecule has 2 amide bonds. The standard InChI is InChI=1S/C14H20N2O3/c1-9(2)12(13(17)18)16-14(19)15-8-11-6-4-10(3)5-7-11/h4-7,9,12H,8H2,1-3H3,(H,17,18)(H2,15,16,19). The van der Waals surface area contributed by atoms with Crippen LogP contribution in [0.4, 0.5) is 4.79 Å². The van der Waals surface area contributed by atoms with Crippen molar-refractivity contribution in [1.29, 1.82) is 0 Å². The number of rotatable bonds is 5. The molecule has 1 unspecified atom stereocenters. The highest BCUT2D eigenvalue weighted by Crippen LogP contribution is 2.03. The van der Waals surface area contributed by atoms with Gasteiger partial charge in [0.25, 0.3) is 0 Å². The fourth-order valence-corrected chi connectivity index (χ4v) is 1.59. The summed E-state index contributed by atoms with van der Waals surface area (Å²) < 4.78 is 0. The maximum Gasteiger partial charge on any atom is 0.326 e. The normalized spacial score (nSPS) is 12.0. The van der Waals surface area contributed by atoms with E-state index in [0.29, 0.717) is 6.54 Å². The molecule has 104 valence electrons. The van der Waals surface area contributed by atoms with Crippen molar-refractivity contribution in [3.63, 3.8) is 0 Å². The molecule has 1 aromatic rings. The zero-order chi connectivity index (χ0) is 14.4. The minimum Gasteiger partial charge on any atom is -0.480 e. The predicted octanol–water partition coefficient (Wildman–Crippen LogP) is 1.90. The average Bonchev–Trinajstić information content (AvgIpc) is 2.34. The molecule has 5 nitrogen and oxygen atoms in total. The van der Waals surface area contributed by atoms with Gasteiger partial charge in [-0.15, -0.1) is 0 Å². The lowest BCUT2D eigenvalue weighted by molar-refractivity contribution is -0.140. The van der Waals surface area contributed by atoms with E-state index in [9.17, 15) is 9.59 Å². The summed E-state index contributed by atoms with van der Waals surface area (Å²) in [5, 5.41) is 14.1. The van der Waals surface area contributed by atoms with Gasteiger partial charge in [0.1, 0.15) is 6.04 Å². The van der Waals surface area contributed by atoms with E-state index in [1.807, 2.05) is 31.2 Å². The van der Waals surface area contributed by atoms with Crippen LogP contribution in [0.25, 0.3) is 0 Å². The predicted molar refractivity (Wildman–Crippen MR) is 72.8 cm³/mol. The van der Waals surface area contributed by atoms with Gasteiger partial charge < -0.3 is 15.7 Å². The van der Waals surface area contributed by atoms with Crippen LogP contribution in [-0.4, -0.2) is 23.1 Å². The van der Waals surface area contributed by atoms with Crippen molar-refractivity contribution < 1.29 is 14.7 Å². The SMILES string of the molecule is Cc1ccc(CNC(=O)NC(C(=O)O)C(C)C)cc1. The topological polar surface area (TPSA) is 78.4 Å². The fourth-order valence-electron chi connectivity index (χ4n) is 1.59. The summed E-state index contributed by atoms with van der Waals surface area (Å²) in [4.78, 5) is 22.6. The van der Waals surface area contributed by atoms with Crippen LogP contribution in [-0.2, 0) is 11.3 Å². The van der Waals surface area contributed by atoms with E-state index < -0.39 is 18.0 Å². The molecule has 0 saturated carbocycles. The number of urea groups is 1. The number of carbonyl (C=O) groups excluding carboxylic acids is 1. The number of nitrogens with one attached hydrogen (secondary N) is 2. The lowest BCUT2D eigenvalue weighted by Gasteiger charge is -2.18. The summed E-state index contributed by atoms with van der Waals surface area (Å²) >= 11 is 0. The van der Waals surface area contributed by atoms with Crippen LogP contribution < -0.4 is 10.6 Å². The van der Waals surface area contributed by atoms with Crippen LogP contribution in [0, 0.1) is 12.8 Å². The molecule has 0 aromatic heterocycles. The van der Waals surface area contributed by atoms with E-state index in [2.05, 4.69) is 10.6 Å². The largest absolute Gasteiger partial charge is 0.480 e. The highest BCUT2D eigenvalue weighted by atomic mass is 16.4. The first-order valence-electron chi connectivity index (χ1n) is 6.23. The summed E-state index contributed by atoms with van der Waals surface area (Å²) in [5.41, 5.74) is 2.12. The number of carboxylic acids is 1. The number of amides is 2. The molecule has 3 N–H and O–H groups in total. The Hall–Kier alpha value is -2.04. The van der Waals surface area contributed by atoms with Crippen LogP contribution >= 0.6 is 0 Å². The van der Waals surface area contributed by atoms with Gasteiger partial charge in [-0.2, -0.15) is 0 Å². The van der Waals surface area contributed by atoms with E-state index in [-0.39, 0.29) is 5.92 Å². The second-order valence-electron chi connectivity index (χ2n) is 4.87. The van der Waals surface area contributed by atoms with E-state index in [1.165, 1.54) is 0 Å². The van der Waals surface area contributed by atoms with Crippen molar-refractivity contribution in [2.75, 3.05) is 0 Å². The molecular weight excluding hydrogens is 244 g/mol. The average molecular weight is 264 g/mol. The molecule has 1 rings (SSSR count). The number of carbonyl (C=O) groups is 2. The van der Waals surface area contributed by atoms with E-state index >= 15 is 0 Å². The zero-order valence-corrected chi connectivity index (χ0v) is 11.4. The van der Waals surface area contributed by atoms with Gasteiger partial charge in [-0.05, 0) is 18.4 Å². The van der Waals surface area contributed by atoms with Crippen LogP contribution in [0.3, 0.4) is 0 Å². The number of benzene rings is 1. The van der Waals surface area contributed by atoms with Crippen molar-refractivity contribution in [3.8, 4) is 0 Å². The summed E-state index contributed by atoms with van der Waals surface area (Å²) in [6, 6.07) is 6.42. The van der Waals surface area contributed by atoms with E-state index in [1.54, 1.807) is 13.8 Å². The first-order valence-corrected chi connectivity index (χ1v) is 6.23. The van der Waals surface area contributed by atoms with Crippen LogP contribution in [0.2, 0.25) is 0 Å². The van der Waals surface area contributed by atoms with Gasteiger partial charge in [0, 0.05) is 6.54 Å². The summed E-state index contributed by atoms with van der Waals surface area (Å²) in [6.45, 7) is 5.86. The van der Waals surface area contributed by atoms with Crippen molar-refractivity contribution in [1.82, 2.24) is 10.6 Å². The monoisotopic (exact) mass is 264 g/mol. The molecule has 0 aliphatic carbocycles. The lowest BCUT2D eigenvalue weighted by atomic mass is 10.1. The van der Waals surface area contributed by atoms with E-state index in [4.69, 9.17) is 5.11 Å². The van der Waals surface area contributed by atoms with Crippen molar-refractivity contribution in [2.45, 2.75) is 33.4 Å². The van der Waals surface area contributed by atoms with Gasteiger partial charge in [0.15, 0.2) is 0 Å². The van der Waals surface area contributed by atoms with Crippen molar-refractivity contribution in [2.24, 2.45) is 5.92 Å². The fraction of sp³-hybridized carbons (Fsp3) is 0.429. The minimum atomic E-state index is -1.03. The highest BCUT2D eigenvalue weighted by molar-refractivity contribution is 5.82. The number of aliphatic carboxylic acids is 1. The third kappa shape index (κ3) is 4.99. The first-order chi connectivity index (χ1) is 8.90. The van der Waals surface area contributed by atoms with Gasteiger partial charge in [0.05, 0.1) is 0 Å². The Morgan fingerprint density at radius 1 is 1.21 bits per heavy atom. The van der Waals surface area contributed by atoms with E-state index in [0.717, 1.165) is 11.1 Å². The molecule has 0 saturated heterocycles. The highest BCUT2D eigenvalue weighted by Gasteiger charge is 2.22. The first kappa shape index (κ1) is 15.0. The van der Waals surface area contributed by atoms with Gasteiger partial charge in [0.2, 0.25) is 0 Å². The Balaban J connectivity index is 2.47. The molecule has 0 radical (unpaired) electrons. The van der Waals surface area contributed by atoms with Crippen molar-refractivity contribution in [3.05, 3.63) is 35.4 Å². The Morgan fingerprint density at radius 2 is 1.79 bits per heavy atom. The van der Waals surface area contributed by atoms with Crippen LogP contribution in [0.15, 0.2) is 24.3 Å². The molecular formula is C14H20N2O3. The minimum absolute atomic E-state index is 0.164. The molecule has 0 bridgehead atoms. The summed E-state index contributed by atoms with van der Waals surface area (Å²) in [6.07, 6.45) is 0. The van der Waals surface area contributed by atoms with Gasteiger partial charge >= 0.3 is 12.0 Å². The Kier molecular flexibility index (Phi) is 5.36. The molecule has 0 aliphatic heterocycles. The lowest BCUT2D eigenvalue weighted by Crippen LogP contribution is -2.48. The smallest absolute Gasteiger partial charge is 0.326 e. The van der Waals surface area contributed by atoms with Crippen LogP contribution in [0.5, 0.6) is 0 Å². The molecule has 19 heavy (non-hydrogen) atoms. The third-order valence-corrected chi connectivity index (χ3v) is 2.79. The maximum atomic E-state index is 11.6. The molecule has 0 heterocycles. The Labute approximate surface area is 113 Å². The second kappa shape index (κ2) is 6.78. The summed E-state index contributed by atoms with van der Waals surface area (Å²) in [7, 11) is 0. The Morgan fingerprint density at radius 3 is 2.26 bits per heavy atom. The third-order valence-electron chi connectivity index (χ3n) is 2.79. The molecule has 0 spiro atoms. The number of hydrogen-bond acceptors (Lipinski definition) is 2. The number of aryl methyl sites for hydroxylation is 1. The number of carboxylic acid groups (broad SMARTS) is 1. The van der Waals surface area contributed by atoms with Crippen molar-refractivity contribution >= 4 is 12.0 Å². The molecule has 0 aliphatic rings. The Bertz CT molecular complexity index is 441. The van der Waals surface area contributed by atoms with Crippen LogP contribution in [0.1, 0.15) is 25.0 Å². The van der Waals surface area contributed by atoms with Gasteiger partial charge in [-0.1, -0.05) is 43.7 Å². The van der Waals surface area contributed by atoms with Gasteiger partial charge in [-0.25, -0.2) is 9.59 Å². The molecule has 1 atom stereocenters. The molecule has 1 aromatic carbocycles. The second-order valence-corrected chi connectivity index (χ2v) is 4.87. The maximum absolute atomic E-state index is 11.6. The van der Waals surface area contributed by atoms with Gasteiger partial charge in [-0.3, -0.25) is 0 Å². The number of hydrogen-bond donors (Lipinski definition) is 3. The quantitative estimate of drug-likeness (QED) is 0.760. The zero-order valence-electron chi connectivity index (χ0n) is 11.4. The summed E-state index contributed by atoms with van der Waals surface area (Å²) in [5.74, 6) is -1.19.